The molecule has 0 unspecified atom stereocenters. The number of aromatic nitrogens is 2. The number of anilines is 2. The van der Waals surface area contributed by atoms with Crippen molar-refractivity contribution < 1.29 is 14.6 Å². The van der Waals surface area contributed by atoms with Gasteiger partial charge in [-0.25, -0.2) is 4.98 Å². The zero-order valence-corrected chi connectivity index (χ0v) is 17.4. The minimum absolute atomic E-state index is 0.0196. The van der Waals surface area contributed by atoms with Gasteiger partial charge in [0.1, 0.15) is 11.6 Å². The van der Waals surface area contributed by atoms with Crippen molar-refractivity contribution in [2.24, 2.45) is 0 Å². The number of hydrogen-bond donors (Lipinski definition) is 2. The van der Waals surface area contributed by atoms with Gasteiger partial charge in [0.25, 0.3) is 5.91 Å². The fraction of sp³-hybridized carbons (Fsp3) is 0.200. The topological polar surface area (TPSA) is 81.7 Å². The van der Waals surface area contributed by atoms with Gasteiger partial charge >= 0.3 is 0 Å². The summed E-state index contributed by atoms with van der Waals surface area (Å²) in [5.41, 5.74) is 6.38. The van der Waals surface area contributed by atoms with E-state index in [0.29, 0.717) is 6.54 Å². The number of phenolic OH excluding ortho intramolecular Hbond substituents is 1. The molecule has 1 fully saturated rings. The van der Waals surface area contributed by atoms with E-state index in [9.17, 15) is 9.90 Å². The Hall–Kier alpha value is -3.84. The lowest BCUT2D eigenvalue weighted by Gasteiger charge is -2.29. The number of ether oxygens (including phenoxy) is 1. The number of fused-ring (bicyclic) bond motifs is 2. The molecule has 7 nitrogen and oxygen atoms in total. The summed E-state index contributed by atoms with van der Waals surface area (Å²) >= 11 is 0. The van der Waals surface area contributed by atoms with Gasteiger partial charge in [0.2, 0.25) is 0 Å². The van der Waals surface area contributed by atoms with E-state index in [1.807, 2.05) is 47.4 Å². The second-order valence-electron chi connectivity index (χ2n) is 8.17. The van der Waals surface area contributed by atoms with Gasteiger partial charge in [-0.1, -0.05) is 0 Å². The maximum Gasteiger partial charge on any atom is 0.258 e. The summed E-state index contributed by atoms with van der Waals surface area (Å²) < 4.78 is 5.45. The number of nitrogens with zero attached hydrogens (tertiary/aromatic N) is 3. The molecular weight excluding hydrogens is 404 g/mol. The van der Waals surface area contributed by atoms with E-state index in [4.69, 9.17) is 4.74 Å². The first-order valence-electron chi connectivity index (χ1n) is 10.7. The molecule has 160 valence electrons. The van der Waals surface area contributed by atoms with Crippen LogP contribution in [0.3, 0.4) is 0 Å². The van der Waals surface area contributed by atoms with E-state index in [2.05, 4.69) is 20.9 Å². The Morgan fingerprint density at radius 2 is 1.72 bits per heavy atom. The first kappa shape index (κ1) is 18.9. The first-order chi connectivity index (χ1) is 15.7. The minimum Gasteiger partial charge on any atom is -0.508 e. The number of benzene rings is 3. The lowest BCUT2D eigenvalue weighted by molar-refractivity contribution is 0.0996. The molecule has 0 atom stereocenters. The SMILES string of the molecule is O=C1c2ccc(N3CCOCC3)cc2CN1c1ccc2nc(-c3ccc(O)cc3)[nH]c2c1. The summed E-state index contributed by atoms with van der Waals surface area (Å²) in [5, 5.41) is 9.52. The highest BCUT2D eigenvalue weighted by Gasteiger charge is 2.29. The molecule has 0 bridgehead atoms. The summed E-state index contributed by atoms with van der Waals surface area (Å²) in [5.74, 6) is 0.963. The van der Waals surface area contributed by atoms with Crippen LogP contribution >= 0.6 is 0 Å². The maximum atomic E-state index is 13.1. The lowest BCUT2D eigenvalue weighted by atomic mass is 10.1. The van der Waals surface area contributed by atoms with Gasteiger partial charge in [-0.05, 0) is 66.2 Å². The van der Waals surface area contributed by atoms with Crippen LogP contribution < -0.4 is 9.80 Å². The molecule has 4 aromatic rings. The van der Waals surface area contributed by atoms with Crippen LogP contribution in [0, 0.1) is 0 Å². The van der Waals surface area contributed by atoms with Crippen LogP contribution in [0.4, 0.5) is 11.4 Å². The standard InChI is InChI=1S/C25H22N4O3/c30-20-5-1-16(2-6-20)24-26-22-8-4-19(14-23(22)27-24)29-15-17-13-18(3-7-21(17)25(29)31)28-9-11-32-12-10-28/h1-8,13-14,30H,9-12,15H2,(H,26,27). The number of nitrogens with one attached hydrogen (secondary N) is 1. The lowest BCUT2D eigenvalue weighted by Crippen LogP contribution is -2.36. The van der Waals surface area contributed by atoms with Crippen molar-refractivity contribution >= 4 is 28.3 Å². The van der Waals surface area contributed by atoms with E-state index in [0.717, 1.165) is 71.2 Å². The van der Waals surface area contributed by atoms with Gasteiger partial charge in [0, 0.05) is 35.6 Å². The molecule has 6 rings (SSSR count). The molecule has 32 heavy (non-hydrogen) atoms. The molecule has 3 heterocycles. The molecule has 0 spiro atoms. The Balaban J connectivity index is 1.29. The number of amides is 1. The molecular formula is C25H22N4O3. The number of morpholine rings is 1. The van der Waals surface area contributed by atoms with Crippen molar-refractivity contribution in [3.8, 4) is 17.1 Å². The van der Waals surface area contributed by atoms with Crippen molar-refractivity contribution in [3.63, 3.8) is 0 Å². The minimum atomic E-state index is 0.0196. The van der Waals surface area contributed by atoms with E-state index >= 15 is 0 Å². The van der Waals surface area contributed by atoms with Crippen LogP contribution in [-0.4, -0.2) is 47.3 Å². The molecule has 7 heteroatoms. The van der Waals surface area contributed by atoms with Crippen molar-refractivity contribution in [2.45, 2.75) is 6.54 Å². The van der Waals surface area contributed by atoms with Gasteiger partial charge in [0.05, 0.1) is 30.8 Å². The third-order valence-electron chi connectivity index (χ3n) is 6.19. The molecule has 1 aromatic heterocycles. The Morgan fingerprint density at radius 3 is 2.53 bits per heavy atom. The second-order valence-corrected chi connectivity index (χ2v) is 8.17. The van der Waals surface area contributed by atoms with Crippen molar-refractivity contribution in [3.05, 3.63) is 71.8 Å². The monoisotopic (exact) mass is 426 g/mol. The van der Waals surface area contributed by atoms with E-state index in [1.54, 1.807) is 12.1 Å². The Kier molecular flexibility index (Phi) is 4.36. The number of rotatable bonds is 3. The van der Waals surface area contributed by atoms with Crippen LogP contribution in [0.15, 0.2) is 60.7 Å². The van der Waals surface area contributed by atoms with Crippen molar-refractivity contribution in [2.75, 3.05) is 36.1 Å². The van der Waals surface area contributed by atoms with Crippen LogP contribution in [0.25, 0.3) is 22.4 Å². The highest BCUT2D eigenvalue weighted by atomic mass is 16.5. The molecule has 1 amide bonds. The normalized spacial score (nSPS) is 16.1. The van der Waals surface area contributed by atoms with Crippen LogP contribution in [0.2, 0.25) is 0 Å². The van der Waals surface area contributed by atoms with Gasteiger partial charge < -0.3 is 24.6 Å². The Morgan fingerprint density at radius 1 is 0.938 bits per heavy atom. The number of hydrogen-bond acceptors (Lipinski definition) is 5. The second kappa shape index (κ2) is 7.39. The fourth-order valence-corrected chi connectivity index (χ4v) is 4.46. The van der Waals surface area contributed by atoms with Crippen LogP contribution in [0.5, 0.6) is 5.75 Å². The summed E-state index contributed by atoms with van der Waals surface area (Å²) in [6.07, 6.45) is 0. The highest BCUT2D eigenvalue weighted by molar-refractivity contribution is 6.10. The highest BCUT2D eigenvalue weighted by Crippen LogP contribution is 2.33. The number of aromatic amines is 1. The van der Waals surface area contributed by atoms with Crippen molar-refractivity contribution in [1.82, 2.24) is 9.97 Å². The number of carbonyl (C=O) groups is 1. The molecule has 2 aliphatic heterocycles. The number of carbonyl (C=O) groups excluding carboxylic acids is 1. The maximum absolute atomic E-state index is 13.1. The first-order valence-corrected chi connectivity index (χ1v) is 10.7. The van der Waals surface area contributed by atoms with Crippen molar-refractivity contribution in [1.29, 1.82) is 0 Å². The number of aromatic hydroxyl groups is 1. The molecule has 2 aliphatic rings. The predicted octanol–water partition coefficient (Wildman–Crippen LogP) is 3.93. The summed E-state index contributed by atoms with van der Waals surface area (Å²) in [6.45, 7) is 3.76. The largest absolute Gasteiger partial charge is 0.508 e. The smallest absolute Gasteiger partial charge is 0.258 e. The molecule has 3 aromatic carbocycles. The van der Waals surface area contributed by atoms with E-state index < -0.39 is 0 Å². The third-order valence-corrected chi connectivity index (χ3v) is 6.19. The number of H-pyrrole nitrogens is 1. The average Bonchev–Trinajstić information content (AvgIpc) is 3.40. The fourth-order valence-electron chi connectivity index (χ4n) is 4.46. The number of phenols is 1. The molecule has 0 radical (unpaired) electrons. The number of imidazole rings is 1. The van der Waals surface area contributed by atoms with E-state index in [-0.39, 0.29) is 11.7 Å². The van der Waals surface area contributed by atoms with Gasteiger partial charge in [-0.2, -0.15) is 0 Å². The predicted molar refractivity (Wildman–Crippen MR) is 123 cm³/mol. The van der Waals surface area contributed by atoms with Gasteiger partial charge in [0.15, 0.2) is 0 Å². The quantitative estimate of drug-likeness (QED) is 0.519. The molecule has 0 saturated carbocycles. The average molecular weight is 426 g/mol. The molecule has 0 aliphatic carbocycles. The van der Waals surface area contributed by atoms with Gasteiger partial charge in [-0.15, -0.1) is 0 Å². The van der Waals surface area contributed by atoms with Crippen LogP contribution in [0.1, 0.15) is 15.9 Å². The van der Waals surface area contributed by atoms with Gasteiger partial charge in [-0.3, -0.25) is 4.79 Å². The Bertz CT molecular complexity index is 1320. The summed E-state index contributed by atoms with van der Waals surface area (Å²) in [6, 6.07) is 18.9. The van der Waals surface area contributed by atoms with E-state index in [1.165, 1.54) is 0 Å². The Labute approximate surface area is 184 Å². The zero-order valence-electron chi connectivity index (χ0n) is 17.4. The zero-order chi connectivity index (χ0) is 21.7. The third kappa shape index (κ3) is 3.18. The summed E-state index contributed by atoms with van der Waals surface area (Å²) in [7, 11) is 0. The van der Waals surface area contributed by atoms with Crippen LogP contribution in [-0.2, 0) is 11.3 Å². The summed E-state index contributed by atoms with van der Waals surface area (Å²) in [4.78, 5) is 25.2. The molecule has 2 N–H and O–H groups in total. The molecule has 1 saturated heterocycles.